The largest absolute Gasteiger partial charge is 0.472 e. The Balaban J connectivity index is 1.81. The summed E-state index contributed by atoms with van der Waals surface area (Å²) in [5.41, 5.74) is 0. The van der Waals surface area contributed by atoms with Gasteiger partial charge in [-0.2, -0.15) is 0 Å². The SMILES string of the molecule is CC(=O)N[C@H]1[C@H](OCCCNC(=O)CNC(=O)OCC(COP(=O)(O)O[C@@H](C)C(C)C)OC(=O)NCC(=O)NCCCO[C@@H]2O[C@H](CO)[C@H](O)[C@H](O)[C@H]2NC(C)=O)O[C@H](CO)[C@H](O)[C@@H]1O. The normalized spacial score (nSPS) is 27.3. The molecule has 13 atom stereocenters. The zero-order valence-corrected chi connectivity index (χ0v) is 37.6. The lowest BCUT2D eigenvalue weighted by molar-refractivity contribution is -0.270. The van der Waals surface area contributed by atoms with Crippen LogP contribution in [0.4, 0.5) is 9.59 Å². The molecule has 0 radical (unpaired) electrons. The Morgan fingerprint density at radius 3 is 1.52 bits per heavy atom. The number of nitrogens with one attached hydrogen (secondary N) is 6. The number of carbonyl (C=O) groups is 6. The van der Waals surface area contributed by atoms with Crippen LogP contribution in [0.5, 0.6) is 0 Å². The van der Waals surface area contributed by atoms with Crippen molar-refractivity contribution in [1.29, 1.82) is 0 Å². The Bertz CT molecular complexity index is 1570. The lowest BCUT2D eigenvalue weighted by Crippen LogP contribution is -2.64. The fraction of sp³-hybridized carbons (Fsp3) is 0.833. The smallest absolute Gasteiger partial charge is 0.446 e. The molecule has 13 N–H and O–H groups in total. The molecule has 2 rings (SSSR count). The van der Waals surface area contributed by atoms with Gasteiger partial charge in [0.1, 0.15) is 55.3 Å². The molecule has 0 aliphatic carbocycles. The van der Waals surface area contributed by atoms with E-state index in [1.807, 2.05) is 0 Å². The van der Waals surface area contributed by atoms with Crippen molar-refractivity contribution in [2.45, 2.75) is 121 Å². The monoisotopic (exact) mass is 964 g/mol. The van der Waals surface area contributed by atoms with E-state index in [-0.39, 0.29) is 45.1 Å². The average Bonchev–Trinajstić information content (AvgIpc) is 3.24. The number of aliphatic hydroxyl groups is 6. The fourth-order valence-corrected chi connectivity index (χ4v) is 6.80. The number of ether oxygens (including phenoxy) is 6. The number of hydrogen-bond acceptors (Lipinski definition) is 21. The Morgan fingerprint density at radius 2 is 1.11 bits per heavy atom. The lowest BCUT2D eigenvalue weighted by atomic mass is 9.97. The highest BCUT2D eigenvalue weighted by molar-refractivity contribution is 7.47. The average molecular weight is 965 g/mol. The number of phosphoric acid groups is 1. The van der Waals surface area contributed by atoms with Crippen LogP contribution in [-0.4, -0.2) is 211 Å². The molecular formula is C36H65N6O22P. The topological polar surface area (TPSA) is 407 Å². The molecule has 0 spiro atoms. The number of phosphoric ester groups is 1. The van der Waals surface area contributed by atoms with Gasteiger partial charge < -0.3 is 95.9 Å². The summed E-state index contributed by atoms with van der Waals surface area (Å²) < 4.78 is 54.7. The maximum absolute atomic E-state index is 12.6. The van der Waals surface area contributed by atoms with Gasteiger partial charge >= 0.3 is 20.0 Å². The summed E-state index contributed by atoms with van der Waals surface area (Å²) in [6, 6.07) is -2.31. The van der Waals surface area contributed by atoms with Crippen molar-refractivity contribution < 1.29 is 106 Å². The Kier molecular flexibility index (Phi) is 25.6. The second-order valence-corrected chi connectivity index (χ2v) is 16.6. The first-order chi connectivity index (χ1) is 30.6. The minimum atomic E-state index is -4.72. The number of rotatable bonds is 27. The van der Waals surface area contributed by atoms with Gasteiger partial charge in [0.05, 0.1) is 52.2 Å². The summed E-state index contributed by atoms with van der Waals surface area (Å²) in [4.78, 5) is 83.1. The number of aliphatic hydroxyl groups excluding tert-OH is 6. The Labute approximate surface area is 374 Å². The molecule has 0 saturated carbocycles. The van der Waals surface area contributed by atoms with Gasteiger partial charge in [-0.1, -0.05) is 13.8 Å². The van der Waals surface area contributed by atoms with Gasteiger partial charge in [-0.3, -0.25) is 28.2 Å². The van der Waals surface area contributed by atoms with Gasteiger partial charge in [-0.05, 0) is 25.7 Å². The van der Waals surface area contributed by atoms with Gasteiger partial charge in [0, 0.05) is 26.9 Å². The summed E-state index contributed by atoms with van der Waals surface area (Å²) in [5, 5.41) is 74.0. The molecule has 0 aromatic rings. The molecule has 6 amide bonds. The third-order valence-electron chi connectivity index (χ3n) is 9.47. The van der Waals surface area contributed by atoms with Gasteiger partial charge in [-0.25, -0.2) is 14.2 Å². The molecule has 2 unspecified atom stereocenters. The quantitative estimate of drug-likeness (QED) is 0.0271. The van der Waals surface area contributed by atoms with Crippen molar-refractivity contribution >= 4 is 43.6 Å². The van der Waals surface area contributed by atoms with Crippen LogP contribution in [0.3, 0.4) is 0 Å². The third kappa shape index (κ3) is 21.1. The summed E-state index contributed by atoms with van der Waals surface area (Å²) in [6.07, 6.45) is -15.1. The summed E-state index contributed by atoms with van der Waals surface area (Å²) in [5.74, 6) is -2.62. The molecule has 2 aliphatic heterocycles. The zero-order chi connectivity index (χ0) is 48.9. The van der Waals surface area contributed by atoms with Crippen molar-refractivity contribution in [2.24, 2.45) is 5.92 Å². The van der Waals surface area contributed by atoms with Crippen LogP contribution in [0.15, 0.2) is 0 Å². The summed E-state index contributed by atoms with van der Waals surface area (Å²) >= 11 is 0. The molecule has 65 heavy (non-hydrogen) atoms. The second-order valence-electron chi connectivity index (χ2n) is 15.2. The van der Waals surface area contributed by atoms with Crippen LogP contribution in [0.2, 0.25) is 0 Å². The molecule has 28 nitrogen and oxygen atoms in total. The van der Waals surface area contributed by atoms with E-state index in [4.69, 9.17) is 37.5 Å². The molecule has 0 aromatic carbocycles. The maximum atomic E-state index is 12.6. The van der Waals surface area contributed by atoms with E-state index >= 15 is 0 Å². The molecule has 29 heteroatoms. The number of carbonyl (C=O) groups excluding carboxylic acids is 6. The van der Waals surface area contributed by atoms with Crippen molar-refractivity contribution in [3.05, 3.63) is 0 Å². The van der Waals surface area contributed by atoms with Crippen molar-refractivity contribution in [3.63, 3.8) is 0 Å². The molecule has 2 heterocycles. The highest BCUT2D eigenvalue weighted by atomic mass is 31.2. The van der Waals surface area contributed by atoms with E-state index < -0.39 is 157 Å². The first-order valence-electron chi connectivity index (χ1n) is 20.7. The molecule has 0 aromatic heterocycles. The summed E-state index contributed by atoms with van der Waals surface area (Å²) in [7, 11) is -4.72. The third-order valence-corrected chi connectivity index (χ3v) is 10.5. The number of alkyl carbamates (subject to hydrolysis) is 2. The molecule has 376 valence electrons. The van der Waals surface area contributed by atoms with E-state index in [2.05, 4.69) is 31.9 Å². The van der Waals surface area contributed by atoms with Gasteiger partial charge in [0.2, 0.25) is 23.6 Å². The minimum absolute atomic E-state index is 0.0101. The highest BCUT2D eigenvalue weighted by Crippen LogP contribution is 2.45. The van der Waals surface area contributed by atoms with Gasteiger partial charge in [0.25, 0.3) is 0 Å². The first-order valence-corrected chi connectivity index (χ1v) is 22.1. The predicted octanol–water partition coefficient (Wildman–Crippen LogP) is -5.08. The van der Waals surface area contributed by atoms with E-state index in [0.717, 1.165) is 0 Å². The fourth-order valence-electron chi connectivity index (χ4n) is 5.72. The van der Waals surface area contributed by atoms with Gasteiger partial charge in [0.15, 0.2) is 18.7 Å². The molecular weight excluding hydrogens is 899 g/mol. The van der Waals surface area contributed by atoms with E-state index in [9.17, 15) is 68.9 Å². The molecule has 2 saturated heterocycles. The van der Waals surface area contributed by atoms with E-state index in [0.29, 0.717) is 0 Å². The maximum Gasteiger partial charge on any atom is 0.472 e. The molecule has 2 aliphatic rings. The summed E-state index contributed by atoms with van der Waals surface area (Å²) in [6.45, 7) is 3.17. The van der Waals surface area contributed by atoms with Crippen LogP contribution in [-0.2, 0) is 61.2 Å². The second kappa shape index (κ2) is 29.0. The van der Waals surface area contributed by atoms with Gasteiger partial charge in [-0.15, -0.1) is 0 Å². The van der Waals surface area contributed by atoms with Crippen LogP contribution in [0.25, 0.3) is 0 Å². The van der Waals surface area contributed by atoms with Crippen LogP contribution >= 0.6 is 7.82 Å². The van der Waals surface area contributed by atoms with E-state index in [1.165, 1.54) is 20.8 Å². The number of amides is 6. The van der Waals surface area contributed by atoms with Crippen LogP contribution < -0.4 is 31.9 Å². The molecule has 2 fully saturated rings. The van der Waals surface area contributed by atoms with Crippen LogP contribution in [0, 0.1) is 5.92 Å². The lowest BCUT2D eigenvalue weighted by Gasteiger charge is -2.42. The zero-order valence-electron chi connectivity index (χ0n) is 36.7. The Hall–Kier alpha value is -3.87. The standard InChI is InChI=1S/C36H65N6O22P/c1-18(2)19(3)64-65(55,56)60-17-22(61-36(54)40-13-26(48)38-9-7-11-58-34-28(42-21(5)46)32(52)30(50)24(15-44)63-34)16-59-35(53)39-12-25(47)37-8-6-10-57-33-27(41-20(4)45)31(51)29(49)23(14-43)62-33/h18-19,22-24,27-34,43-44,49-52H,6-17H2,1-5H3,(H,37,47)(H,38,48)(H,39,53)(H,40,54)(H,41,45)(H,42,46)(H,55,56)/t19-,22?,23+,24+,27+,28+,29-,30-,31+,32+,33+,34+/m0/s1. The van der Waals surface area contributed by atoms with Crippen molar-refractivity contribution in [2.75, 3.05) is 65.8 Å². The van der Waals surface area contributed by atoms with E-state index in [1.54, 1.807) is 13.8 Å². The van der Waals surface area contributed by atoms with Crippen molar-refractivity contribution in [3.8, 4) is 0 Å². The first kappa shape index (κ1) is 57.3. The number of hydrogen-bond donors (Lipinski definition) is 13. The highest BCUT2D eigenvalue weighted by Gasteiger charge is 2.46. The van der Waals surface area contributed by atoms with Crippen molar-refractivity contribution in [1.82, 2.24) is 31.9 Å². The molecule has 0 bridgehead atoms. The minimum Gasteiger partial charge on any atom is -0.446 e. The predicted molar refractivity (Wildman–Crippen MR) is 217 cm³/mol. The Morgan fingerprint density at radius 1 is 0.662 bits per heavy atom. The van der Waals surface area contributed by atoms with Crippen LogP contribution in [0.1, 0.15) is 47.5 Å².